The van der Waals surface area contributed by atoms with E-state index >= 15 is 0 Å². The van der Waals surface area contributed by atoms with Crippen LogP contribution in [0, 0.1) is 0 Å². The van der Waals surface area contributed by atoms with E-state index in [1.54, 1.807) is 13.0 Å². The second kappa shape index (κ2) is 6.43. The summed E-state index contributed by atoms with van der Waals surface area (Å²) in [5, 5.41) is 0.987. The molecule has 0 spiro atoms. The Hall–Kier alpha value is -2.62. The van der Waals surface area contributed by atoms with Crippen LogP contribution in [0.25, 0.3) is 10.9 Å². The number of ether oxygens (including phenoxy) is 1. The lowest BCUT2D eigenvalue weighted by Gasteiger charge is -2.07. The molecule has 22 heavy (non-hydrogen) atoms. The average molecular weight is 294 g/mol. The molecule has 0 aliphatic heterocycles. The largest absolute Gasteiger partial charge is 0.461 e. The van der Waals surface area contributed by atoms with E-state index in [4.69, 9.17) is 4.74 Å². The lowest BCUT2D eigenvalue weighted by Crippen LogP contribution is -2.09. The van der Waals surface area contributed by atoms with Crippen molar-refractivity contribution in [1.82, 2.24) is 9.97 Å². The van der Waals surface area contributed by atoms with Crippen molar-refractivity contribution in [3.63, 3.8) is 0 Å². The highest BCUT2D eigenvalue weighted by Crippen LogP contribution is 2.19. The van der Waals surface area contributed by atoms with Gasteiger partial charge in [0.2, 0.25) is 0 Å². The van der Waals surface area contributed by atoms with Gasteiger partial charge in [0, 0.05) is 11.6 Å². The van der Waals surface area contributed by atoms with Gasteiger partial charge in [-0.05, 0) is 37.5 Å². The minimum atomic E-state index is -0.369. The van der Waals surface area contributed by atoms with Crippen molar-refractivity contribution in [2.45, 2.75) is 19.8 Å². The minimum absolute atomic E-state index is 0.352. The Balaban J connectivity index is 1.90. The Morgan fingerprint density at radius 2 is 2.00 bits per heavy atom. The minimum Gasteiger partial charge on any atom is -0.461 e. The van der Waals surface area contributed by atoms with Gasteiger partial charge in [-0.15, -0.1) is 0 Å². The van der Waals surface area contributed by atoms with E-state index in [-0.39, 0.29) is 5.97 Å². The van der Waals surface area contributed by atoms with Crippen LogP contribution < -0.4 is 0 Å². The first-order valence-electron chi connectivity index (χ1n) is 7.46. The molecule has 0 aliphatic rings. The van der Waals surface area contributed by atoms with E-state index in [2.05, 4.69) is 22.1 Å². The van der Waals surface area contributed by atoms with Gasteiger partial charge in [0.05, 0.1) is 17.8 Å². The summed E-state index contributed by atoms with van der Waals surface area (Å²) in [6, 6.07) is 14.0. The summed E-state index contributed by atoms with van der Waals surface area (Å²) in [6.45, 7) is 2.15. The highest BCUT2D eigenvalue weighted by molar-refractivity contribution is 5.93. The summed E-state index contributed by atoms with van der Waals surface area (Å²) in [6.07, 6.45) is 3.52. The van der Waals surface area contributed by atoms with E-state index < -0.39 is 0 Å². The molecule has 4 nitrogen and oxygen atoms in total. The number of nitrogens with one attached hydrogen (secondary N) is 1. The molecule has 4 heteroatoms. The quantitative estimate of drug-likeness (QED) is 0.732. The Bertz CT molecular complexity index is 778. The van der Waals surface area contributed by atoms with Gasteiger partial charge in [0.15, 0.2) is 0 Å². The topological polar surface area (TPSA) is 55.0 Å². The maximum Gasteiger partial charge on any atom is 0.356 e. The first kappa shape index (κ1) is 14.3. The molecule has 0 bridgehead atoms. The highest BCUT2D eigenvalue weighted by atomic mass is 16.5. The number of carbonyl (C=O) groups excluding carboxylic acids is 1. The number of carbonyl (C=O) groups is 1. The Labute approximate surface area is 129 Å². The molecule has 0 fully saturated rings. The fourth-order valence-electron chi connectivity index (χ4n) is 2.53. The van der Waals surface area contributed by atoms with E-state index in [0.717, 1.165) is 29.4 Å². The first-order valence-corrected chi connectivity index (χ1v) is 7.46. The Morgan fingerprint density at radius 3 is 2.77 bits per heavy atom. The predicted molar refractivity (Wildman–Crippen MR) is 85.9 cm³/mol. The van der Waals surface area contributed by atoms with Crippen molar-refractivity contribution < 1.29 is 9.53 Å². The molecule has 0 aliphatic carbocycles. The van der Waals surface area contributed by atoms with Crippen LogP contribution in [-0.4, -0.2) is 22.5 Å². The van der Waals surface area contributed by atoms with Crippen molar-refractivity contribution in [2.75, 3.05) is 6.61 Å². The molecule has 3 aromatic rings. The Morgan fingerprint density at radius 1 is 1.18 bits per heavy atom. The van der Waals surface area contributed by atoms with E-state index in [0.29, 0.717) is 12.3 Å². The van der Waals surface area contributed by atoms with Crippen LogP contribution in [-0.2, 0) is 17.6 Å². The number of rotatable bonds is 5. The number of hydrogen-bond donors (Lipinski definition) is 1. The van der Waals surface area contributed by atoms with Crippen molar-refractivity contribution in [3.05, 3.63) is 65.6 Å². The number of aromatic amines is 1. The summed E-state index contributed by atoms with van der Waals surface area (Å²) >= 11 is 0. The molecule has 0 amide bonds. The molecular formula is C18H18N2O2. The van der Waals surface area contributed by atoms with Gasteiger partial charge < -0.3 is 9.72 Å². The lowest BCUT2D eigenvalue weighted by molar-refractivity contribution is 0.0519. The van der Waals surface area contributed by atoms with Gasteiger partial charge in [-0.1, -0.05) is 30.3 Å². The maximum absolute atomic E-state index is 11.9. The molecule has 1 N–H and O–H groups in total. The standard InChI is InChI=1S/C18H18N2O2/c1-2-22-18(21)16-12-14-10-11-19-17(14)15(20-16)9-8-13-6-4-3-5-7-13/h3-7,10-12,19H,2,8-9H2,1H3. The summed E-state index contributed by atoms with van der Waals surface area (Å²) in [4.78, 5) is 19.7. The zero-order chi connectivity index (χ0) is 15.4. The SMILES string of the molecule is CCOC(=O)c1cc2cc[nH]c2c(CCc2ccccc2)n1. The molecule has 1 aromatic carbocycles. The van der Waals surface area contributed by atoms with Gasteiger partial charge in [-0.2, -0.15) is 0 Å². The zero-order valence-corrected chi connectivity index (χ0v) is 12.5. The molecule has 0 saturated carbocycles. The van der Waals surface area contributed by atoms with Gasteiger partial charge in [-0.3, -0.25) is 0 Å². The normalized spacial score (nSPS) is 10.8. The zero-order valence-electron chi connectivity index (χ0n) is 12.5. The molecule has 112 valence electrons. The van der Waals surface area contributed by atoms with Crippen molar-refractivity contribution in [2.24, 2.45) is 0 Å². The number of benzene rings is 1. The number of fused-ring (bicyclic) bond motifs is 1. The third-order valence-corrected chi connectivity index (χ3v) is 3.59. The molecule has 0 saturated heterocycles. The molecular weight excluding hydrogens is 276 g/mol. The summed E-state index contributed by atoms with van der Waals surface area (Å²) in [5.41, 5.74) is 3.51. The van der Waals surface area contributed by atoms with Gasteiger partial charge in [0.25, 0.3) is 0 Å². The summed E-state index contributed by atoms with van der Waals surface area (Å²) < 4.78 is 5.06. The number of aromatic nitrogens is 2. The summed E-state index contributed by atoms with van der Waals surface area (Å²) in [7, 11) is 0. The van der Waals surface area contributed by atoms with Crippen LogP contribution in [0.3, 0.4) is 0 Å². The molecule has 0 atom stereocenters. The fourth-order valence-corrected chi connectivity index (χ4v) is 2.53. The van der Waals surface area contributed by atoms with Crippen molar-refractivity contribution in [3.8, 4) is 0 Å². The average Bonchev–Trinajstić information content (AvgIpc) is 3.02. The number of H-pyrrole nitrogens is 1. The number of nitrogens with zero attached hydrogens (tertiary/aromatic N) is 1. The highest BCUT2D eigenvalue weighted by Gasteiger charge is 2.13. The lowest BCUT2D eigenvalue weighted by atomic mass is 10.1. The monoisotopic (exact) mass is 294 g/mol. The molecule has 2 aromatic heterocycles. The number of pyridine rings is 1. The van der Waals surface area contributed by atoms with Gasteiger partial charge in [-0.25, -0.2) is 9.78 Å². The molecule has 3 rings (SSSR count). The van der Waals surface area contributed by atoms with Crippen LogP contribution in [0.5, 0.6) is 0 Å². The number of aryl methyl sites for hydroxylation is 2. The number of esters is 1. The fraction of sp³-hybridized carbons (Fsp3) is 0.222. The van der Waals surface area contributed by atoms with E-state index in [1.807, 2.05) is 30.5 Å². The molecule has 2 heterocycles. The first-order chi connectivity index (χ1) is 10.8. The second-order valence-corrected chi connectivity index (χ2v) is 5.10. The van der Waals surface area contributed by atoms with Crippen molar-refractivity contribution >= 4 is 16.9 Å². The third-order valence-electron chi connectivity index (χ3n) is 3.59. The van der Waals surface area contributed by atoms with Crippen LogP contribution in [0.1, 0.15) is 28.7 Å². The Kier molecular flexibility index (Phi) is 4.19. The van der Waals surface area contributed by atoms with Gasteiger partial charge >= 0.3 is 5.97 Å². The summed E-state index contributed by atoms with van der Waals surface area (Å²) in [5.74, 6) is -0.369. The van der Waals surface area contributed by atoms with Gasteiger partial charge in [0.1, 0.15) is 5.69 Å². The third kappa shape index (κ3) is 3.01. The van der Waals surface area contributed by atoms with Crippen LogP contribution in [0.4, 0.5) is 0 Å². The smallest absolute Gasteiger partial charge is 0.356 e. The van der Waals surface area contributed by atoms with E-state index in [9.17, 15) is 4.79 Å². The predicted octanol–water partition coefficient (Wildman–Crippen LogP) is 3.52. The van der Waals surface area contributed by atoms with E-state index in [1.165, 1.54) is 5.56 Å². The van der Waals surface area contributed by atoms with Crippen LogP contribution in [0.2, 0.25) is 0 Å². The maximum atomic E-state index is 11.9. The van der Waals surface area contributed by atoms with Crippen molar-refractivity contribution in [1.29, 1.82) is 0 Å². The molecule has 0 unspecified atom stereocenters. The van der Waals surface area contributed by atoms with Crippen LogP contribution >= 0.6 is 0 Å². The second-order valence-electron chi connectivity index (χ2n) is 5.10. The molecule has 0 radical (unpaired) electrons. The van der Waals surface area contributed by atoms with Crippen LogP contribution in [0.15, 0.2) is 48.7 Å². The number of hydrogen-bond acceptors (Lipinski definition) is 3.